The number of carbonyl (C=O) groups is 2. The van der Waals surface area contributed by atoms with Crippen LogP contribution in [0.4, 0.5) is 0 Å². The molecule has 4 atom stereocenters. The molecule has 7 heteroatoms. The second-order valence-electron chi connectivity index (χ2n) is 12.9. The first-order chi connectivity index (χ1) is 20.5. The zero-order valence-electron chi connectivity index (χ0n) is 28.3. The van der Waals surface area contributed by atoms with Crippen LogP contribution in [0.15, 0.2) is 0 Å². The van der Waals surface area contributed by atoms with Gasteiger partial charge in [0.2, 0.25) is 0 Å². The van der Waals surface area contributed by atoms with Crippen molar-refractivity contribution in [2.45, 2.75) is 218 Å². The molecule has 0 radical (unpaired) electrons. The Kier molecular flexibility index (Phi) is 30.3. The molecule has 0 aliphatic carbocycles. The molecule has 0 bridgehead atoms. The van der Waals surface area contributed by atoms with E-state index in [2.05, 4.69) is 13.8 Å². The van der Waals surface area contributed by atoms with Crippen molar-refractivity contribution in [1.82, 2.24) is 0 Å². The van der Waals surface area contributed by atoms with Crippen LogP contribution in [0.5, 0.6) is 0 Å². The fourth-order valence-electron chi connectivity index (χ4n) is 5.92. The number of carbonyl (C=O) groups excluding carboxylic acids is 2. The smallest absolute Gasteiger partial charge is 0.550 e. The number of unbranched alkanes of at least 4 members (excludes halogenated alkanes) is 18. The molecular formula is C36H66CdO6. The van der Waals surface area contributed by atoms with Gasteiger partial charge in [0, 0.05) is 11.9 Å². The van der Waals surface area contributed by atoms with Gasteiger partial charge in [0.25, 0.3) is 0 Å². The third kappa shape index (κ3) is 29.0. The van der Waals surface area contributed by atoms with Crippen molar-refractivity contribution in [3.63, 3.8) is 0 Å². The fourth-order valence-corrected chi connectivity index (χ4v) is 5.92. The molecule has 2 aliphatic heterocycles. The minimum absolute atomic E-state index is 0. The van der Waals surface area contributed by atoms with Crippen LogP contribution in [0.25, 0.3) is 0 Å². The molecular weight excluding hydrogens is 641 g/mol. The summed E-state index contributed by atoms with van der Waals surface area (Å²) in [4.78, 5) is 20.5. The summed E-state index contributed by atoms with van der Waals surface area (Å²) in [6.45, 7) is 4.51. The zero-order chi connectivity index (χ0) is 30.7. The largest absolute Gasteiger partial charge is 2.00 e. The molecule has 43 heavy (non-hydrogen) atoms. The van der Waals surface area contributed by atoms with Crippen LogP contribution >= 0.6 is 0 Å². The summed E-state index contributed by atoms with van der Waals surface area (Å²) in [6, 6.07) is 0. The maximum absolute atomic E-state index is 10.3. The average Bonchev–Trinajstić information content (AvgIpc) is 3.89. The van der Waals surface area contributed by atoms with Gasteiger partial charge in [0.1, 0.15) is 0 Å². The Morgan fingerprint density at radius 3 is 0.907 bits per heavy atom. The first-order valence-electron chi connectivity index (χ1n) is 18.2. The SMILES string of the molecule is CCCCCCCCC1OC1CCCCCCCC(=O)[O-].CCCCCCCCC1OC1CCCCCCCC(=O)[O-].[Cd+2]. The molecule has 0 saturated carbocycles. The van der Waals surface area contributed by atoms with Crippen molar-refractivity contribution in [3.8, 4) is 0 Å². The molecule has 0 aromatic heterocycles. The van der Waals surface area contributed by atoms with E-state index in [1.54, 1.807) is 0 Å². The van der Waals surface area contributed by atoms with Crippen LogP contribution in [0, 0.1) is 0 Å². The maximum atomic E-state index is 10.3. The van der Waals surface area contributed by atoms with E-state index in [4.69, 9.17) is 9.47 Å². The summed E-state index contributed by atoms with van der Waals surface area (Å²) in [5, 5.41) is 20.5. The molecule has 2 heterocycles. The molecule has 0 spiro atoms. The molecule has 2 saturated heterocycles. The third-order valence-corrected chi connectivity index (χ3v) is 8.80. The average molecular weight is 707 g/mol. The number of hydrogen-bond donors (Lipinski definition) is 0. The first kappa shape index (κ1) is 42.8. The molecule has 2 fully saturated rings. The molecule has 0 aromatic rings. The van der Waals surface area contributed by atoms with Crippen molar-refractivity contribution < 1.29 is 56.6 Å². The number of hydrogen-bond acceptors (Lipinski definition) is 6. The van der Waals surface area contributed by atoms with Crippen molar-refractivity contribution in [2.75, 3.05) is 0 Å². The van der Waals surface area contributed by atoms with Crippen molar-refractivity contribution in [2.24, 2.45) is 0 Å². The van der Waals surface area contributed by atoms with Crippen LogP contribution < -0.4 is 10.2 Å². The second kappa shape index (κ2) is 30.4. The first-order valence-corrected chi connectivity index (χ1v) is 18.2. The summed E-state index contributed by atoms with van der Waals surface area (Å²) in [5.41, 5.74) is 0. The van der Waals surface area contributed by atoms with Gasteiger partial charge >= 0.3 is 27.3 Å². The van der Waals surface area contributed by atoms with Gasteiger partial charge in [-0.2, -0.15) is 0 Å². The molecule has 0 N–H and O–H groups in total. The summed E-state index contributed by atoms with van der Waals surface area (Å²) in [7, 11) is 0. The number of ether oxygens (including phenoxy) is 2. The second-order valence-corrected chi connectivity index (χ2v) is 12.9. The van der Waals surface area contributed by atoms with E-state index in [-0.39, 0.29) is 40.1 Å². The van der Waals surface area contributed by atoms with Gasteiger partial charge in [-0.25, -0.2) is 0 Å². The number of carboxylic acid groups (broad SMARTS) is 2. The van der Waals surface area contributed by atoms with Crippen molar-refractivity contribution in [3.05, 3.63) is 0 Å². The predicted octanol–water partition coefficient (Wildman–Crippen LogP) is 7.97. The third-order valence-electron chi connectivity index (χ3n) is 8.80. The number of aliphatic carboxylic acids is 2. The molecule has 2 rings (SSSR count). The van der Waals surface area contributed by atoms with Crippen LogP contribution in [0.1, 0.15) is 194 Å². The summed E-state index contributed by atoms with van der Waals surface area (Å²) < 4.78 is 11.4. The van der Waals surface area contributed by atoms with Crippen LogP contribution in [-0.2, 0) is 46.4 Å². The van der Waals surface area contributed by atoms with Crippen LogP contribution in [0.2, 0.25) is 0 Å². The number of rotatable bonds is 30. The minimum atomic E-state index is -0.918. The van der Waals surface area contributed by atoms with Gasteiger partial charge in [-0.05, 0) is 51.4 Å². The standard InChI is InChI=1S/2C18H34O3.Cd/c2*1-2-3-4-5-7-10-13-16-17(21-16)14-11-8-6-9-12-15-18(19)20;/h2*16-17H,2-15H2,1H3,(H,19,20);/q;;+2/p-2. The van der Waals surface area contributed by atoms with Gasteiger partial charge in [0.15, 0.2) is 0 Å². The summed E-state index contributed by atoms with van der Waals surface area (Å²) in [5.74, 6) is -1.84. The Hall–Kier alpha value is -0.218. The number of carboxylic acids is 2. The van der Waals surface area contributed by atoms with Crippen LogP contribution in [-0.4, -0.2) is 36.4 Å². The van der Waals surface area contributed by atoms with Gasteiger partial charge in [-0.1, -0.05) is 142 Å². The zero-order valence-corrected chi connectivity index (χ0v) is 32.3. The van der Waals surface area contributed by atoms with E-state index in [9.17, 15) is 19.8 Å². The Morgan fingerprint density at radius 1 is 0.419 bits per heavy atom. The van der Waals surface area contributed by atoms with Gasteiger partial charge in [-0.3, -0.25) is 0 Å². The van der Waals surface area contributed by atoms with Gasteiger partial charge in [-0.15, -0.1) is 0 Å². The van der Waals surface area contributed by atoms with E-state index >= 15 is 0 Å². The minimum Gasteiger partial charge on any atom is -0.550 e. The Bertz CT molecular complexity index is 591. The predicted molar refractivity (Wildman–Crippen MR) is 168 cm³/mol. The Morgan fingerprint density at radius 2 is 0.651 bits per heavy atom. The molecule has 0 aromatic carbocycles. The van der Waals surface area contributed by atoms with Gasteiger partial charge < -0.3 is 29.3 Å². The number of epoxide rings is 2. The normalized spacial score (nSPS) is 20.1. The quantitative estimate of drug-likeness (QED) is 0.0426. The summed E-state index contributed by atoms with van der Waals surface area (Å²) >= 11 is 0. The Balaban J connectivity index is 0.000000802. The van der Waals surface area contributed by atoms with E-state index in [1.807, 2.05) is 0 Å². The molecule has 2 aliphatic rings. The van der Waals surface area contributed by atoms with Gasteiger partial charge in [0.05, 0.1) is 24.4 Å². The molecule has 248 valence electrons. The topological polar surface area (TPSA) is 105 Å². The fraction of sp³-hybridized carbons (Fsp3) is 0.944. The van der Waals surface area contributed by atoms with Crippen molar-refractivity contribution in [1.29, 1.82) is 0 Å². The van der Waals surface area contributed by atoms with E-state index in [0.29, 0.717) is 24.4 Å². The van der Waals surface area contributed by atoms with Crippen LogP contribution in [0.3, 0.4) is 0 Å². The van der Waals surface area contributed by atoms with E-state index in [0.717, 1.165) is 38.5 Å². The maximum Gasteiger partial charge on any atom is 2.00 e. The molecule has 0 amide bonds. The van der Waals surface area contributed by atoms with E-state index in [1.165, 1.54) is 128 Å². The monoisotopic (exact) mass is 708 g/mol. The Labute approximate surface area is 285 Å². The van der Waals surface area contributed by atoms with Crippen molar-refractivity contribution >= 4 is 11.9 Å². The van der Waals surface area contributed by atoms with E-state index < -0.39 is 11.9 Å². The molecule has 6 nitrogen and oxygen atoms in total. The summed E-state index contributed by atoms with van der Waals surface area (Å²) in [6.07, 6.45) is 34.5. The molecule has 4 unspecified atom stereocenters.